The van der Waals surface area contributed by atoms with E-state index in [-0.39, 0.29) is 36.0 Å². The first-order valence-electron chi connectivity index (χ1n) is 15.5. The number of aliphatic hydroxyl groups is 1. The number of aryl methyl sites for hydroxylation is 1. The van der Waals surface area contributed by atoms with Gasteiger partial charge in [-0.05, 0) is 68.4 Å². The highest BCUT2D eigenvalue weighted by Crippen LogP contribution is 2.41. The number of hydrogen-bond donors (Lipinski definition) is 4. The Morgan fingerprint density at radius 3 is 2.79 bits per heavy atom. The van der Waals surface area contributed by atoms with Crippen LogP contribution >= 0.6 is 21.6 Å². The Labute approximate surface area is 263 Å². The van der Waals surface area contributed by atoms with E-state index in [9.17, 15) is 19.8 Å². The van der Waals surface area contributed by atoms with Crippen LogP contribution in [0.3, 0.4) is 0 Å². The molecule has 5 N–H and O–H groups in total. The highest BCUT2D eigenvalue weighted by atomic mass is 33.1. The third-order valence-corrected chi connectivity index (χ3v) is 11.1. The van der Waals surface area contributed by atoms with Gasteiger partial charge >= 0.3 is 5.97 Å². The fourth-order valence-electron chi connectivity index (χ4n) is 6.63. The summed E-state index contributed by atoms with van der Waals surface area (Å²) in [6.07, 6.45) is 8.08. The zero-order valence-electron chi connectivity index (χ0n) is 25.5. The summed E-state index contributed by atoms with van der Waals surface area (Å²) in [4.78, 5) is 31.2. The molecular weight excluding hydrogens is 588 g/mol. The normalized spacial score (nSPS) is 28.5. The topological polar surface area (TPSA) is 147 Å². The lowest BCUT2D eigenvalue weighted by Crippen LogP contribution is -2.45. The van der Waals surface area contributed by atoms with Crippen LogP contribution in [0.2, 0.25) is 0 Å². The monoisotopic (exact) mass is 636 g/mol. The van der Waals surface area contributed by atoms with E-state index in [2.05, 4.69) is 10.3 Å². The number of carbonyl (C=O) groups excluding carboxylic acids is 2. The average Bonchev–Trinajstić information content (AvgIpc) is 3.31. The fourth-order valence-corrected chi connectivity index (χ4v) is 8.42. The minimum Gasteiger partial charge on any atom is -0.504 e. The third-order valence-electron chi connectivity index (χ3n) is 8.95. The van der Waals surface area contributed by atoms with Crippen LogP contribution in [0.5, 0.6) is 11.5 Å². The van der Waals surface area contributed by atoms with Crippen molar-refractivity contribution in [1.82, 2.24) is 10.2 Å². The van der Waals surface area contributed by atoms with Gasteiger partial charge in [-0.2, -0.15) is 0 Å². The Bertz CT molecular complexity index is 1140. The third kappa shape index (κ3) is 9.84. The zero-order chi connectivity index (χ0) is 30.8. The van der Waals surface area contributed by atoms with E-state index in [1.165, 1.54) is 14.0 Å². The first-order valence-corrected chi connectivity index (χ1v) is 18.0. The van der Waals surface area contributed by atoms with Crippen LogP contribution in [-0.4, -0.2) is 76.5 Å². The van der Waals surface area contributed by atoms with Gasteiger partial charge in [0.05, 0.1) is 19.1 Å². The molecule has 240 valence electrons. The Kier molecular flexibility index (Phi) is 12.6. The van der Waals surface area contributed by atoms with Crippen LogP contribution in [0, 0.1) is 11.8 Å². The highest BCUT2D eigenvalue weighted by Gasteiger charge is 2.42. The minimum absolute atomic E-state index is 0.0305. The smallest absolute Gasteiger partial charge is 0.303 e. The van der Waals surface area contributed by atoms with Crippen LogP contribution in [-0.2, 0) is 27.3 Å². The lowest BCUT2D eigenvalue weighted by Gasteiger charge is -2.42. The number of phenols is 1. The number of aromatic hydroxyl groups is 1. The fraction of sp³-hybridized carbons (Fsp3) is 0.710. The Hall–Kier alpha value is -2.31. The van der Waals surface area contributed by atoms with Crippen LogP contribution in [0.15, 0.2) is 17.1 Å². The van der Waals surface area contributed by atoms with Crippen molar-refractivity contribution < 1.29 is 29.3 Å². The molecule has 0 radical (unpaired) electrons. The molecule has 5 rings (SSSR count). The van der Waals surface area contributed by atoms with Gasteiger partial charge < -0.3 is 35.6 Å². The molecule has 4 unspecified atom stereocenters. The Balaban J connectivity index is 1.51. The van der Waals surface area contributed by atoms with Gasteiger partial charge in [0.25, 0.3) is 0 Å². The van der Waals surface area contributed by atoms with E-state index in [0.29, 0.717) is 68.3 Å². The maximum atomic E-state index is 12.9. The molecule has 12 heteroatoms. The molecule has 1 saturated carbocycles. The van der Waals surface area contributed by atoms with Crippen molar-refractivity contribution in [3.05, 3.63) is 23.3 Å². The van der Waals surface area contributed by atoms with Crippen molar-refractivity contribution in [1.29, 1.82) is 0 Å². The lowest BCUT2D eigenvalue weighted by molar-refractivity contribution is -0.168. The van der Waals surface area contributed by atoms with Crippen molar-refractivity contribution in [3.8, 4) is 11.5 Å². The number of esters is 1. The molecule has 1 saturated heterocycles. The summed E-state index contributed by atoms with van der Waals surface area (Å²) in [5.74, 6) is 2.55. The number of guanidine groups is 1. The number of aliphatic imine (C=N–C) groups is 1. The summed E-state index contributed by atoms with van der Waals surface area (Å²) in [5.41, 5.74) is 6.85. The molecule has 4 atom stereocenters. The second kappa shape index (κ2) is 16.1. The molecule has 10 nitrogen and oxygen atoms in total. The number of nitrogens with one attached hydrogen (secondary N) is 1. The highest BCUT2D eigenvalue weighted by molar-refractivity contribution is 8.76. The van der Waals surface area contributed by atoms with Gasteiger partial charge in [-0.15, -0.1) is 0 Å². The molecule has 0 aromatic heterocycles. The maximum absolute atomic E-state index is 12.9. The van der Waals surface area contributed by atoms with Crippen LogP contribution in [0.25, 0.3) is 0 Å². The maximum Gasteiger partial charge on any atom is 0.303 e. The molecule has 1 aromatic rings. The van der Waals surface area contributed by atoms with Gasteiger partial charge in [0.15, 0.2) is 17.5 Å². The number of aliphatic hydroxyl groups excluding tert-OH is 1. The van der Waals surface area contributed by atoms with Gasteiger partial charge in [0, 0.05) is 50.7 Å². The number of amides is 1. The first-order chi connectivity index (χ1) is 20.7. The average molecular weight is 637 g/mol. The Morgan fingerprint density at radius 2 is 2.02 bits per heavy atom. The molecule has 1 aliphatic carbocycles. The molecule has 3 aliphatic heterocycles. The molecule has 43 heavy (non-hydrogen) atoms. The second-order valence-corrected chi connectivity index (χ2v) is 14.7. The largest absolute Gasteiger partial charge is 0.504 e. The molecule has 3 heterocycles. The van der Waals surface area contributed by atoms with E-state index < -0.39 is 11.7 Å². The Morgan fingerprint density at radius 1 is 1.19 bits per heavy atom. The van der Waals surface area contributed by atoms with Crippen molar-refractivity contribution >= 4 is 39.4 Å². The lowest BCUT2D eigenvalue weighted by atomic mass is 9.72. The molecular formula is C31H48N4O6S2. The van der Waals surface area contributed by atoms with Crippen molar-refractivity contribution in [2.24, 2.45) is 22.6 Å². The minimum atomic E-state index is -0.732. The number of phenolic OH excluding ortho intramolecular Hbond substituents is 1. The standard InChI is InChI=1S/C31H48N4O6S2/c1-21(36)41-31-10-7-22-14-25(29(39)27(15-22)40-2)19-35-18-23(16-28(35)38)9-12-33-30(32)34-20-43-42-13-5-3-4-6-24(8-11-31)26(37)17-31/h14-15,23-24,26,37,39H,3-13,16-20H2,1-2H3,(H3,32,33,34). The number of carbonyl (C=O) groups is 2. The van der Waals surface area contributed by atoms with Crippen LogP contribution < -0.4 is 15.8 Å². The van der Waals surface area contributed by atoms with Gasteiger partial charge in [-0.1, -0.05) is 40.5 Å². The predicted octanol–water partition coefficient (Wildman–Crippen LogP) is 4.35. The second-order valence-electron chi connectivity index (χ2n) is 12.2. The SMILES string of the molecule is COc1cc2cc(c1O)CN1CC(CCNC(N)=NCSSCCCCCC3CCC(OC(C)=O)(CC2)CC3O)CC1=O. The van der Waals surface area contributed by atoms with Gasteiger partial charge in [0.2, 0.25) is 5.91 Å². The molecule has 1 amide bonds. The summed E-state index contributed by atoms with van der Waals surface area (Å²) in [5, 5.41) is 25.2. The number of hydrogen-bond acceptors (Lipinski definition) is 11. The van der Waals surface area contributed by atoms with E-state index in [1.54, 1.807) is 32.6 Å². The quantitative estimate of drug-likeness (QED) is 0.273. The van der Waals surface area contributed by atoms with Crippen molar-refractivity contribution in [2.75, 3.05) is 31.8 Å². The van der Waals surface area contributed by atoms with Gasteiger partial charge in [0.1, 0.15) is 5.60 Å². The molecule has 2 fully saturated rings. The summed E-state index contributed by atoms with van der Waals surface area (Å²) in [7, 11) is 5.01. The molecule has 0 spiro atoms. The zero-order valence-corrected chi connectivity index (χ0v) is 27.1. The van der Waals surface area contributed by atoms with E-state index in [4.69, 9.17) is 15.2 Å². The summed E-state index contributed by atoms with van der Waals surface area (Å²) in [6.45, 7) is 2.96. The molecule has 1 aromatic carbocycles. The predicted molar refractivity (Wildman–Crippen MR) is 172 cm³/mol. The number of nitrogens with two attached hydrogens (primary N) is 1. The number of fused-ring (bicyclic) bond motifs is 14. The van der Waals surface area contributed by atoms with Crippen molar-refractivity contribution in [3.63, 3.8) is 0 Å². The van der Waals surface area contributed by atoms with Crippen molar-refractivity contribution in [2.45, 2.75) is 95.8 Å². The van der Waals surface area contributed by atoms with E-state index >= 15 is 0 Å². The number of rotatable bonds is 2. The molecule has 6 bridgehead atoms. The van der Waals surface area contributed by atoms with E-state index in [0.717, 1.165) is 49.8 Å². The van der Waals surface area contributed by atoms with Gasteiger partial charge in [-0.3, -0.25) is 9.59 Å². The van der Waals surface area contributed by atoms with Crippen LogP contribution in [0.1, 0.15) is 82.3 Å². The number of ether oxygens (including phenoxy) is 2. The molecule has 4 aliphatic rings. The van der Waals surface area contributed by atoms with Gasteiger partial charge in [-0.25, -0.2) is 4.99 Å². The summed E-state index contributed by atoms with van der Waals surface area (Å²) < 4.78 is 11.4. The summed E-state index contributed by atoms with van der Waals surface area (Å²) >= 11 is 0. The number of nitrogens with zero attached hydrogens (tertiary/aromatic N) is 2. The van der Waals surface area contributed by atoms with Crippen LogP contribution in [0.4, 0.5) is 0 Å². The summed E-state index contributed by atoms with van der Waals surface area (Å²) in [6, 6.07) is 3.72. The first kappa shape index (κ1) is 33.6. The van der Waals surface area contributed by atoms with E-state index in [1.807, 2.05) is 6.07 Å². The number of methoxy groups -OCH3 is 1. The number of benzene rings is 1.